The van der Waals surface area contributed by atoms with Crippen LogP contribution >= 0.6 is 11.6 Å². The number of anilines is 1. The molecule has 0 bridgehead atoms. The van der Waals surface area contributed by atoms with Crippen molar-refractivity contribution in [2.45, 2.75) is 6.43 Å². The molecule has 3 N–H and O–H groups in total. The number of carbonyl (C=O) groups is 1. The number of amides is 1. The monoisotopic (exact) mass is 279 g/mol. The van der Waals surface area contributed by atoms with Crippen LogP contribution in [0.4, 0.5) is 14.5 Å². The second-order valence-electron chi connectivity index (χ2n) is 3.47. The average Bonchev–Trinajstić information content (AvgIpc) is 2.30. The van der Waals surface area contributed by atoms with Gasteiger partial charge < -0.3 is 15.7 Å². The average molecular weight is 280 g/mol. The van der Waals surface area contributed by atoms with Crippen LogP contribution in [-0.4, -0.2) is 47.0 Å². The first kappa shape index (κ1) is 14.6. The van der Waals surface area contributed by atoms with Crippen LogP contribution in [0, 0.1) is 0 Å². The van der Waals surface area contributed by atoms with Crippen LogP contribution < -0.4 is 5.73 Å². The van der Waals surface area contributed by atoms with Gasteiger partial charge in [0, 0.05) is 6.54 Å². The van der Waals surface area contributed by atoms with E-state index in [0.717, 1.165) is 4.90 Å². The van der Waals surface area contributed by atoms with Crippen molar-refractivity contribution in [3.05, 3.63) is 23.0 Å². The van der Waals surface area contributed by atoms with Gasteiger partial charge in [-0.1, -0.05) is 11.6 Å². The zero-order valence-electron chi connectivity index (χ0n) is 9.31. The summed E-state index contributed by atoms with van der Waals surface area (Å²) in [5.41, 5.74) is 5.59. The Labute approximate surface area is 107 Å². The molecule has 1 amide bonds. The van der Waals surface area contributed by atoms with E-state index in [-0.39, 0.29) is 22.9 Å². The minimum atomic E-state index is -2.70. The van der Waals surface area contributed by atoms with E-state index in [2.05, 4.69) is 4.98 Å². The molecule has 18 heavy (non-hydrogen) atoms. The fourth-order valence-electron chi connectivity index (χ4n) is 1.35. The standard InChI is InChI=1S/C10H12ClF2N3O2/c11-9-7(3-6(14)4-15-9)10(18)16(1-2-17)5-8(12)13/h3-4,8,17H,1-2,5,14H2. The number of rotatable bonds is 5. The fraction of sp³-hybridized carbons (Fsp3) is 0.400. The number of carbonyl (C=O) groups excluding carboxylic acids is 1. The number of aromatic nitrogens is 1. The number of hydrogen-bond acceptors (Lipinski definition) is 4. The van der Waals surface area contributed by atoms with Gasteiger partial charge in [-0.25, -0.2) is 13.8 Å². The maximum atomic E-state index is 12.3. The largest absolute Gasteiger partial charge is 0.397 e. The van der Waals surface area contributed by atoms with Crippen molar-refractivity contribution in [2.24, 2.45) is 0 Å². The molecule has 0 aliphatic heterocycles. The van der Waals surface area contributed by atoms with E-state index in [0.29, 0.717) is 0 Å². The summed E-state index contributed by atoms with van der Waals surface area (Å²) in [4.78, 5) is 16.4. The zero-order chi connectivity index (χ0) is 13.7. The number of aliphatic hydroxyl groups excluding tert-OH is 1. The Kier molecular flexibility index (Phi) is 5.24. The lowest BCUT2D eigenvalue weighted by Gasteiger charge is -2.21. The first-order valence-electron chi connectivity index (χ1n) is 5.05. The van der Waals surface area contributed by atoms with Crippen LogP contribution in [0.15, 0.2) is 12.3 Å². The van der Waals surface area contributed by atoms with E-state index >= 15 is 0 Å². The van der Waals surface area contributed by atoms with Crippen molar-refractivity contribution >= 4 is 23.2 Å². The number of nitrogen functional groups attached to an aromatic ring is 1. The summed E-state index contributed by atoms with van der Waals surface area (Å²) in [6.45, 7) is -1.43. The van der Waals surface area contributed by atoms with Crippen molar-refractivity contribution in [2.75, 3.05) is 25.4 Å². The van der Waals surface area contributed by atoms with Gasteiger partial charge in [0.15, 0.2) is 0 Å². The second kappa shape index (κ2) is 6.46. The molecule has 100 valence electrons. The normalized spacial score (nSPS) is 10.7. The van der Waals surface area contributed by atoms with Crippen LogP contribution in [0.25, 0.3) is 0 Å². The Hall–Kier alpha value is -1.47. The van der Waals surface area contributed by atoms with Crippen LogP contribution in [-0.2, 0) is 0 Å². The summed E-state index contributed by atoms with van der Waals surface area (Å²) >= 11 is 5.71. The minimum Gasteiger partial charge on any atom is -0.397 e. The van der Waals surface area contributed by atoms with Gasteiger partial charge in [0.2, 0.25) is 0 Å². The van der Waals surface area contributed by atoms with E-state index in [1.807, 2.05) is 0 Å². The molecular formula is C10H12ClF2N3O2. The smallest absolute Gasteiger partial charge is 0.257 e. The summed E-state index contributed by atoms with van der Waals surface area (Å²) < 4.78 is 24.6. The number of nitrogens with zero attached hydrogens (tertiary/aromatic N) is 2. The predicted octanol–water partition coefficient (Wildman–Crippen LogP) is 1.02. The summed E-state index contributed by atoms with van der Waals surface area (Å²) in [5.74, 6) is -0.742. The topological polar surface area (TPSA) is 79.5 Å². The number of pyridine rings is 1. The lowest BCUT2D eigenvalue weighted by atomic mass is 10.2. The van der Waals surface area contributed by atoms with Gasteiger partial charge in [-0.2, -0.15) is 0 Å². The molecule has 0 atom stereocenters. The van der Waals surface area contributed by atoms with Gasteiger partial charge in [0.25, 0.3) is 12.3 Å². The van der Waals surface area contributed by atoms with Crippen LogP contribution in [0.3, 0.4) is 0 Å². The molecule has 0 aromatic carbocycles. The molecule has 1 aromatic rings. The second-order valence-corrected chi connectivity index (χ2v) is 3.83. The molecule has 0 aliphatic carbocycles. The Balaban J connectivity index is 2.97. The van der Waals surface area contributed by atoms with Gasteiger partial charge in [-0.05, 0) is 6.07 Å². The molecule has 1 rings (SSSR count). The number of nitrogens with two attached hydrogens (primary N) is 1. The predicted molar refractivity (Wildman–Crippen MR) is 62.7 cm³/mol. The molecule has 0 unspecified atom stereocenters. The molecule has 1 aromatic heterocycles. The number of aliphatic hydroxyl groups is 1. The van der Waals surface area contributed by atoms with E-state index in [4.69, 9.17) is 22.4 Å². The van der Waals surface area contributed by atoms with E-state index in [1.54, 1.807) is 0 Å². The van der Waals surface area contributed by atoms with Crippen molar-refractivity contribution in [3.63, 3.8) is 0 Å². The van der Waals surface area contributed by atoms with Gasteiger partial charge in [-0.3, -0.25) is 4.79 Å². The highest BCUT2D eigenvalue weighted by Crippen LogP contribution is 2.18. The zero-order valence-corrected chi connectivity index (χ0v) is 10.1. The molecule has 8 heteroatoms. The van der Waals surface area contributed by atoms with Crippen molar-refractivity contribution in [1.82, 2.24) is 9.88 Å². The minimum absolute atomic E-state index is 0.0641. The number of hydrogen-bond donors (Lipinski definition) is 2. The van der Waals surface area contributed by atoms with Crippen LogP contribution in [0.2, 0.25) is 5.15 Å². The van der Waals surface area contributed by atoms with E-state index < -0.39 is 25.5 Å². The highest BCUT2D eigenvalue weighted by atomic mass is 35.5. The van der Waals surface area contributed by atoms with Gasteiger partial charge >= 0.3 is 0 Å². The first-order chi connectivity index (χ1) is 8.45. The Morgan fingerprint density at radius 3 is 2.83 bits per heavy atom. The summed E-state index contributed by atoms with van der Waals surface area (Å²) in [5, 5.41) is 8.64. The molecule has 0 fully saturated rings. The van der Waals surface area contributed by atoms with Gasteiger partial charge in [0.05, 0.1) is 30.6 Å². The highest BCUT2D eigenvalue weighted by Gasteiger charge is 2.22. The highest BCUT2D eigenvalue weighted by molar-refractivity contribution is 6.32. The van der Waals surface area contributed by atoms with Crippen molar-refractivity contribution < 1.29 is 18.7 Å². The van der Waals surface area contributed by atoms with Gasteiger partial charge in [-0.15, -0.1) is 0 Å². The lowest BCUT2D eigenvalue weighted by molar-refractivity contribution is 0.0509. The first-order valence-corrected chi connectivity index (χ1v) is 5.42. The molecule has 0 radical (unpaired) electrons. The Morgan fingerprint density at radius 1 is 1.61 bits per heavy atom. The summed E-state index contributed by atoms with van der Waals surface area (Å²) in [6.07, 6.45) is -1.45. The molecule has 0 saturated carbocycles. The third-order valence-electron chi connectivity index (χ3n) is 2.11. The number of alkyl halides is 2. The van der Waals surface area contributed by atoms with Crippen molar-refractivity contribution in [3.8, 4) is 0 Å². The fourth-order valence-corrected chi connectivity index (χ4v) is 1.53. The summed E-state index contributed by atoms with van der Waals surface area (Å²) in [7, 11) is 0. The maximum Gasteiger partial charge on any atom is 0.257 e. The lowest BCUT2D eigenvalue weighted by Crippen LogP contribution is -2.37. The third-order valence-corrected chi connectivity index (χ3v) is 2.41. The Bertz CT molecular complexity index is 432. The quantitative estimate of drug-likeness (QED) is 0.789. The molecule has 5 nitrogen and oxygen atoms in total. The third kappa shape index (κ3) is 3.78. The molecule has 0 saturated heterocycles. The Morgan fingerprint density at radius 2 is 2.28 bits per heavy atom. The SMILES string of the molecule is Nc1cnc(Cl)c(C(=O)N(CCO)CC(F)F)c1. The van der Waals surface area contributed by atoms with E-state index in [1.165, 1.54) is 12.3 Å². The molecule has 0 spiro atoms. The molecular weight excluding hydrogens is 268 g/mol. The summed E-state index contributed by atoms with van der Waals surface area (Å²) in [6, 6.07) is 1.26. The number of halogens is 3. The van der Waals surface area contributed by atoms with Crippen LogP contribution in [0.5, 0.6) is 0 Å². The molecule has 0 aliphatic rings. The maximum absolute atomic E-state index is 12.3. The van der Waals surface area contributed by atoms with Gasteiger partial charge in [0.1, 0.15) is 5.15 Å². The van der Waals surface area contributed by atoms with Crippen LogP contribution in [0.1, 0.15) is 10.4 Å². The van der Waals surface area contributed by atoms with Crippen molar-refractivity contribution in [1.29, 1.82) is 0 Å². The molecule has 1 heterocycles. The van der Waals surface area contributed by atoms with E-state index in [9.17, 15) is 13.6 Å².